The zero-order chi connectivity index (χ0) is 18.4. The number of nitrogens with zero attached hydrogens (tertiary/aromatic N) is 1. The first kappa shape index (κ1) is 17.4. The molecule has 3 aromatic rings. The number of non-ortho nitro benzene ring substituents is 1. The average molecular weight is 365 g/mol. The van der Waals surface area contributed by atoms with Gasteiger partial charge in [0.2, 0.25) is 0 Å². The Morgan fingerprint density at radius 2 is 1.54 bits per heavy atom. The van der Waals surface area contributed by atoms with Gasteiger partial charge in [0.25, 0.3) is 5.69 Å². The SMILES string of the molecule is O=[N+]([O-])c1ccc(NC(=S)Nc2ccccc2Oc2ccccc2)cc1. The van der Waals surface area contributed by atoms with Crippen molar-refractivity contribution in [2.45, 2.75) is 0 Å². The van der Waals surface area contributed by atoms with Gasteiger partial charge in [-0.1, -0.05) is 30.3 Å². The second-order valence-corrected chi connectivity index (χ2v) is 5.70. The molecule has 0 spiro atoms. The minimum Gasteiger partial charge on any atom is -0.455 e. The number of hydrogen-bond acceptors (Lipinski definition) is 4. The molecule has 0 aliphatic heterocycles. The van der Waals surface area contributed by atoms with Crippen LogP contribution in [0.4, 0.5) is 17.1 Å². The van der Waals surface area contributed by atoms with E-state index in [1.165, 1.54) is 12.1 Å². The number of nitro benzene ring substituents is 1. The van der Waals surface area contributed by atoms with Crippen LogP contribution in [0.25, 0.3) is 0 Å². The van der Waals surface area contributed by atoms with E-state index in [2.05, 4.69) is 10.6 Å². The van der Waals surface area contributed by atoms with E-state index in [0.29, 0.717) is 22.2 Å². The van der Waals surface area contributed by atoms with E-state index in [4.69, 9.17) is 17.0 Å². The van der Waals surface area contributed by atoms with Crippen molar-refractivity contribution < 1.29 is 9.66 Å². The lowest BCUT2D eigenvalue weighted by Gasteiger charge is -2.14. The molecular formula is C19H15N3O3S. The van der Waals surface area contributed by atoms with E-state index in [9.17, 15) is 10.1 Å². The Kier molecular flexibility index (Phi) is 5.40. The highest BCUT2D eigenvalue weighted by Crippen LogP contribution is 2.29. The molecule has 0 radical (unpaired) electrons. The van der Waals surface area contributed by atoms with Crippen LogP contribution in [0.3, 0.4) is 0 Å². The molecule has 2 N–H and O–H groups in total. The monoisotopic (exact) mass is 365 g/mol. The van der Waals surface area contributed by atoms with Crippen molar-refractivity contribution in [2.24, 2.45) is 0 Å². The Labute approximate surface area is 155 Å². The quantitative estimate of drug-likeness (QED) is 0.368. The predicted molar refractivity (Wildman–Crippen MR) is 106 cm³/mol. The number of rotatable bonds is 5. The standard InChI is InChI=1S/C19H15N3O3S/c23-22(24)15-12-10-14(11-13-15)20-19(26)21-17-8-4-5-9-18(17)25-16-6-2-1-3-7-16/h1-13H,(H2,20,21,26). The molecule has 0 saturated heterocycles. The molecule has 6 nitrogen and oxygen atoms in total. The zero-order valence-corrected chi connectivity index (χ0v) is 14.4. The summed E-state index contributed by atoms with van der Waals surface area (Å²) in [6.07, 6.45) is 0. The number of hydrogen-bond donors (Lipinski definition) is 2. The molecule has 26 heavy (non-hydrogen) atoms. The Morgan fingerprint density at radius 3 is 2.23 bits per heavy atom. The largest absolute Gasteiger partial charge is 0.455 e. The van der Waals surface area contributed by atoms with Crippen molar-refractivity contribution in [3.8, 4) is 11.5 Å². The number of ether oxygens (including phenoxy) is 1. The Bertz CT molecular complexity index is 915. The van der Waals surface area contributed by atoms with Crippen LogP contribution in [0.5, 0.6) is 11.5 Å². The van der Waals surface area contributed by atoms with Crippen molar-refractivity contribution in [3.63, 3.8) is 0 Å². The lowest BCUT2D eigenvalue weighted by Crippen LogP contribution is -2.19. The summed E-state index contributed by atoms with van der Waals surface area (Å²) in [4.78, 5) is 10.2. The zero-order valence-electron chi connectivity index (χ0n) is 13.6. The molecule has 130 valence electrons. The summed E-state index contributed by atoms with van der Waals surface area (Å²) in [6.45, 7) is 0. The topological polar surface area (TPSA) is 76.4 Å². The highest BCUT2D eigenvalue weighted by atomic mass is 32.1. The van der Waals surface area contributed by atoms with Gasteiger partial charge in [0.05, 0.1) is 10.6 Å². The van der Waals surface area contributed by atoms with Crippen LogP contribution < -0.4 is 15.4 Å². The van der Waals surface area contributed by atoms with Crippen molar-refractivity contribution in [1.82, 2.24) is 0 Å². The van der Waals surface area contributed by atoms with E-state index in [1.54, 1.807) is 12.1 Å². The van der Waals surface area contributed by atoms with Gasteiger partial charge in [-0.3, -0.25) is 10.1 Å². The Balaban J connectivity index is 1.68. The highest BCUT2D eigenvalue weighted by molar-refractivity contribution is 7.80. The summed E-state index contributed by atoms with van der Waals surface area (Å²) in [5.74, 6) is 1.35. The van der Waals surface area contributed by atoms with Gasteiger partial charge in [-0.25, -0.2) is 0 Å². The summed E-state index contributed by atoms with van der Waals surface area (Å²) < 4.78 is 5.88. The van der Waals surface area contributed by atoms with Crippen molar-refractivity contribution in [2.75, 3.05) is 10.6 Å². The first-order valence-electron chi connectivity index (χ1n) is 7.76. The fourth-order valence-corrected chi connectivity index (χ4v) is 2.45. The summed E-state index contributed by atoms with van der Waals surface area (Å²) in [5.41, 5.74) is 1.38. The summed E-state index contributed by atoms with van der Waals surface area (Å²) in [5, 5.41) is 17.1. The lowest BCUT2D eigenvalue weighted by molar-refractivity contribution is -0.384. The molecule has 0 unspecified atom stereocenters. The number of nitro groups is 1. The summed E-state index contributed by atoms with van der Waals surface area (Å²) in [6, 6.07) is 22.9. The minimum atomic E-state index is -0.447. The van der Waals surface area contributed by atoms with Gasteiger partial charge < -0.3 is 15.4 Å². The van der Waals surface area contributed by atoms with E-state index < -0.39 is 4.92 Å². The van der Waals surface area contributed by atoms with Crippen LogP contribution in [0.2, 0.25) is 0 Å². The van der Waals surface area contributed by atoms with Crippen LogP contribution >= 0.6 is 12.2 Å². The number of benzene rings is 3. The Hall–Kier alpha value is -3.45. The van der Waals surface area contributed by atoms with Gasteiger partial charge >= 0.3 is 0 Å². The molecular weight excluding hydrogens is 350 g/mol. The average Bonchev–Trinajstić information content (AvgIpc) is 2.64. The number of para-hydroxylation sites is 3. The van der Waals surface area contributed by atoms with Gasteiger partial charge in [0.15, 0.2) is 10.9 Å². The van der Waals surface area contributed by atoms with E-state index in [0.717, 1.165) is 5.75 Å². The molecule has 3 aromatic carbocycles. The molecule has 0 aromatic heterocycles. The second-order valence-electron chi connectivity index (χ2n) is 5.29. The molecule has 0 fully saturated rings. The number of anilines is 2. The molecule has 0 heterocycles. The van der Waals surface area contributed by atoms with Gasteiger partial charge in [-0.15, -0.1) is 0 Å². The van der Waals surface area contributed by atoms with E-state index in [1.807, 2.05) is 54.6 Å². The summed E-state index contributed by atoms with van der Waals surface area (Å²) in [7, 11) is 0. The third kappa shape index (κ3) is 4.55. The molecule has 0 saturated carbocycles. The molecule has 0 aliphatic rings. The fourth-order valence-electron chi connectivity index (χ4n) is 2.23. The van der Waals surface area contributed by atoms with Crippen molar-refractivity contribution in [1.29, 1.82) is 0 Å². The minimum absolute atomic E-state index is 0.0241. The molecule has 0 amide bonds. The molecule has 0 atom stereocenters. The first-order chi connectivity index (χ1) is 12.6. The smallest absolute Gasteiger partial charge is 0.269 e. The molecule has 0 aliphatic carbocycles. The molecule has 7 heteroatoms. The third-order valence-electron chi connectivity index (χ3n) is 3.44. The first-order valence-corrected chi connectivity index (χ1v) is 8.17. The summed E-state index contributed by atoms with van der Waals surface area (Å²) >= 11 is 5.32. The van der Waals surface area contributed by atoms with Gasteiger partial charge in [0, 0.05) is 17.8 Å². The number of thiocarbonyl (C=S) groups is 1. The normalized spacial score (nSPS) is 10.0. The maximum Gasteiger partial charge on any atom is 0.269 e. The van der Waals surface area contributed by atoms with Crippen molar-refractivity contribution >= 4 is 34.4 Å². The van der Waals surface area contributed by atoms with E-state index in [-0.39, 0.29) is 5.69 Å². The molecule has 0 bridgehead atoms. The predicted octanol–water partition coefficient (Wildman–Crippen LogP) is 5.20. The number of nitrogens with one attached hydrogen (secondary N) is 2. The maximum absolute atomic E-state index is 10.7. The van der Waals surface area contributed by atoms with Crippen LogP contribution in [-0.4, -0.2) is 10.0 Å². The Morgan fingerprint density at radius 1 is 0.885 bits per heavy atom. The van der Waals surface area contributed by atoms with Crippen LogP contribution in [-0.2, 0) is 0 Å². The van der Waals surface area contributed by atoms with Crippen LogP contribution in [0.1, 0.15) is 0 Å². The lowest BCUT2D eigenvalue weighted by atomic mass is 10.3. The molecule has 3 rings (SSSR count). The van der Waals surface area contributed by atoms with Gasteiger partial charge in [0.1, 0.15) is 5.75 Å². The highest BCUT2D eigenvalue weighted by Gasteiger charge is 2.08. The van der Waals surface area contributed by atoms with Gasteiger partial charge in [-0.05, 0) is 48.6 Å². The second kappa shape index (κ2) is 8.09. The fraction of sp³-hybridized carbons (Fsp3) is 0. The van der Waals surface area contributed by atoms with E-state index >= 15 is 0 Å². The van der Waals surface area contributed by atoms with Gasteiger partial charge in [-0.2, -0.15) is 0 Å². The van der Waals surface area contributed by atoms with Crippen LogP contribution in [0.15, 0.2) is 78.9 Å². The maximum atomic E-state index is 10.7. The van der Waals surface area contributed by atoms with Crippen LogP contribution in [0, 0.1) is 10.1 Å². The third-order valence-corrected chi connectivity index (χ3v) is 3.65. The van der Waals surface area contributed by atoms with Crippen molar-refractivity contribution in [3.05, 3.63) is 89.0 Å².